The van der Waals surface area contributed by atoms with Crippen LogP contribution in [0.25, 0.3) is 0 Å². The third-order valence-electron chi connectivity index (χ3n) is 2.66. The van der Waals surface area contributed by atoms with Crippen molar-refractivity contribution in [3.8, 4) is 0 Å². The summed E-state index contributed by atoms with van der Waals surface area (Å²) in [5, 5.41) is 7.60. The van der Waals surface area contributed by atoms with Gasteiger partial charge in [-0.05, 0) is 19.4 Å². The topological polar surface area (TPSA) is 50.2 Å². The molecular formula is C12H22N4O. The van der Waals surface area contributed by atoms with E-state index in [0.29, 0.717) is 13.1 Å². The van der Waals surface area contributed by atoms with Gasteiger partial charge in [0.05, 0.1) is 17.9 Å². The Hall–Kier alpha value is -1.36. The summed E-state index contributed by atoms with van der Waals surface area (Å²) < 4.78 is 1.98. The fraction of sp³-hybridized carbons (Fsp3) is 0.667. The quantitative estimate of drug-likeness (QED) is 0.791. The van der Waals surface area contributed by atoms with Gasteiger partial charge in [0.1, 0.15) is 0 Å². The van der Waals surface area contributed by atoms with Crippen LogP contribution in [0.5, 0.6) is 0 Å². The van der Waals surface area contributed by atoms with E-state index in [9.17, 15) is 4.79 Å². The zero-order valence-electron chi connectivity index (χ0n) is 11.2. The molecule has 17 heavy (non-hydrogen) atoms. The molecule has 0 aliphatic carbocycles. The largest absolute Gasteiger partial charge is 0.348 e. The third kappa shape index (κ3) is 3.85. The molecule has 0 spiro atoms. The Morgan fingerprint density at radius 3 is 2.71 bits per heavy atom. The Labute approximate surface area is 103 Å². The number of hydrogen-bond acceptors (Lipinski definition) is 3. The van der Waals surface area contributed by atoms with E-state index in [0.717, 1.165) is 24.4 Å². The zero-order chi connectivity index (χ0) is 12.8. The van der Waals surface area contributed by atoms with Gasteiger partial charge in [0, 0.05) is 27.2 Å². The van der Waals surface area contributed by atoms with Crippen LogP contribution >= 0.6 is 0 Å². The first-order valence-electron chi connectivity index (χ1n) is 6.04. The average Bonchev–Trinajstić information content (AvgIpc) is 2.71. The predicted molar refractivity (Wildman–Crippen MR) is 67.7 cm³/mol. The molecule has 0 unspecified atom stereocenters. The van der Waals surface area contributed by atoms with Gasteiger partial charge in [-0.2, -0.15) is 5.10 Å². The summed E-state index contributed by atoms with van der Waals surface area (Å²) in [5.41, 5.74) is 2.23. The Balaban J connectivity index is 2.51. The van der Waals surface area contributed by atoms with E-state index in [4.69, 9.17) is 0 Å². The van der Waals surface area contributed by atoms with Crippen LogP contribution in [0, 0.1) is 0 Å². The van der Waals surface area contributed by atoms with Gasteiger partial charge in [-0.25, -0.2) is 0 Å². The monoisotopic (exact) mass is 238 g/mol. The van der Waals surface area contributed by atoms with Crippen LogP contribution in [0.3, 0.4) is 0 Å². The molecule has 1 N–H and O–H groups in total. The number of carbonyl (C=O) groups is 1. The summed E-state index contributed by atoms with van der Waals surface area (Å²) in [5.74, 6) is 0.0864. The van der Waals surface area contributed by atoms with Gasteiger partial charge in [0.25, 0.3) is 0 Å². The Morgan fingerprint density at radius 2 is 2.18 bits per heavy atom. The van der Waals surface area contributed by atoms with E-state index in [2.05, 4.69) is 30.3 Å². The van der Waals surface area contributed by atoms with Crippen LogP contribution in [0.4, 0.5) is 0 Å². The van der Waals surface area contributed by atoms with Crippen molar-refractivity contribution in [3.05, 3.63) is 17.5 Å². The van der Waals surface area contributed by atoms with Gasteiger partial charge in [0.2, 0.25) is 5.91 Å². The third-order valence-corrected chi connectivity index (χ3v) is 2.66. The number of carbonyl (C=O) groups excluding carboxylic acids is 1. The molecule has 0 aliphatic heterocycles. The molecule has 0 aromatic carbocycles. The van der Waals surface area contributed by atoms with E-state index in [1.165, 1.54) is 0 Å². The van der Waals surface area contributed by atoms with Crippen LogP contribution in [0.15, 0.2) is 6.07 Å². The summed E-state index contributed by atoms with van der Waals surface area (Å²) in [6.07, 6.45) is 0.941. The lowest BCUT2D eigenvalue weighted by molar-refractivity contribution is -0.127. The Bertz CT molecular complexity index is 371. The first kappa shape index (κ1) is 13.7. The van der Waals surface area contributed by atoms with E-state index < -0.39 is 0 Å². The SMILES string of the molecule is CCc1cc(CNCC(=O)N(C)C)n(CC)n1. The molecule has 0 saturated heterocycles. The highest BCUT2D eigenvalue weighted by molar-refractivity contribution is 5.77. The van der Waals surface area contributed by atoms with E-state index in [1.807, 2.05) is 4.68 Å². The predicted octanol–water partition coefficient (Wildman–Crippen LogP) is 0.643. The number of likely N-dealkylation sites (N-methyl/N-ethyl adjacent to an activating group) is 1. The van der Waals surface area contributed by atoms with E-state index in [1.54, 1.807) is 19.0 Å². The second kappa shape index (κ2) is 6.39. The minimum absolute atomic E-state index is 0.0864. The second-order valence-corrected chi connectivity index (χ2v) is 4.19. The molecular weight excluding hydrogens is 216 g/mol. The molecule has 1 heterocycles. The van der Waals surface area contributed by atoms with Crippen molar-refractivity contribution in [1.82, 2.24) is 20.0 Å². The van der Waals surface area contributed by atoms with Gasteiger partial charge >= 0.3 is 0 Å². The van der Waals surface area contributed by atoms with E-state index >= 15 is 0 Å². The lowest BCUT2D eigenvalue weighted by Crippen LogP contribution is -2.33. The number of rotatable bonds is 6. The summed E-state index contributed by atoms with van der Waals surface area (Å²) in [6, 6.07) is 2.09. The van der Waals surface area contributed by atoms with Crippen molar-refractivity contribution < 1.29 is 4.79 Å². The van der Waals surface area contributed by atoms with Crippen LogP contribution in [0.2, 0.25) is 0 Å². The number of nitrogens with zero attached hydrogens (tertiary/aromatic N) is 3. The van der Waals surface area contributed by atoms with Gasteiger partial charge in [-0.15, -0.1) is 0 Å². The highest BCUT2D eigenvalue weighted by atomic mass is 16.2. The van der Waals surface area contributed by atoms with Crippen LogP contribution < -0.4 is 5.32 Å². The van der Waals surface area contributed by atoms with Gasteiger partial charge in [-0.3, -0.25) is 9.48 Å². The number of amides is 1. The molecule has 0 bridgehead atoms. The number of aromatic nitrogens is 2. The Kier molecular flexibility index (Phi) is 5.15. The summed E-state index contributed by atoms with van der Waals surface area (Å²) in [4.78, 5) is 13.0. The lowest BCUT2D eigenvalue weighted by Gasteiger charge is -2.11. The van der Waals surface area contributed by atoms with Crippen molar-refractivity contribution in [2.45, 2.75) is 33.4 Å². The molecule has 5 nitrogen and oxygen atoms in total. The van der Waals surface area contributed by atoms with Crippen molar-refractivity contribution in [1.29, 1.82) is 0 Å². The number of hydrogen-bond donors (Lipinski definition) is 1. The van der Waals surface area contributed by atoms with Crippen LogP contribution in [-0.4, -0.2) is 41.2 Å². The maximum atomic E-state index is 11.4. The fourth-order valence-electron chi connectivity index (χ4n) is 1.56. The second-order valence-electron chi connectivity index (χ2n) is 4.19. The molecule has 0 fully saturated rings. The first-order chi connectivity index (χ1) is 8.08. The molecule has 5 heteroatoms. The summed E-state index contributed by atoms with van der Waals surface area (Å²) in [7, 11) is 3.52. The van der Waals surface area contributed by atoms with Gasteiger partial charge in [-0.1, -0.05) is 6.92 Å². The molecule has 0 atom stereocenters. The fourth-order valence-corrected chi connectivity index (χ4v) is 1.56. The molecule has 0 saturated carbocycles. The molecule has 1 amide bonds. The molecule has 0 aliphatic rings. The zero-order valence-corrected chi connectivity index (χ0v) is 11.2. The van der Waals surface area contributed by atoms with Crippen molar-refractivity contribution in [2.24, 2.45) is 0 Å². The number of nitrogens with one attached hydrogen (secondary N) is 1. The summed E-state index contributed by atoms with van der Waals surface area (Å²) >= 11 is 0. The highest BCUT2D eigenvalue weighted by Crippen LogP contribution is 2.05. The normalized spacial score (nSPS) is 10.6. The smallest absolute Gasteiger partial charge is 0.236 e. The maximum absolute atomic E-state index is 11.4. The molecule has 1 aromatic heterocycles. The highest BCUT2D eigenvalue weighted by Gasteiger charge is 2.07. The standard InChI is InChI=1S/C12H22N4O/c1-5-10-7-11(16(6-2)14-10)8-13-9-12(17)15(3)4/h7,13H,5-6,8-9H2,1-4H3. The van der Waals surface area contributed by atoms with Gasteiger partial charge in [0.15, 0.2) is 0 Å². The van der Waals surface area contributed by atoms with Crippen LogP contribution in [-0.2, 0) is 24.3 Å². The molecule has 96 valence electrons. The average molecular weight is 238 g/mol. The molecule has 1 aromatic rings. The van der Waals surface area contributed by atoms with Gasteiger partial charge < -0.3 is 10.2 Å². The number of aryl methyl sites for hydroxylation is 2. The maximum Gasteiger partial charge on any atom is 0.236 e. The Morgan fingerprint density at radius 1 is 1.47 bits per heavy atom. The molecule has 1 rings (SSSR count). The molecule has 0 radical (unpaired) electrons. The van der Waals surface area contributed by atoms with E-state index in [-0.39, 0.29) is 5.91 Å². The lowest BCUT2D eigenvalue weighted by atomic mass is 10.3. The minimum Gasteiger partial charge on any atom is -0.348 e. The van der Waals surface area contributed by atoms with Crippen molar-refractivity contribution >= 4 is 5.91 Å². The van der Waals surface area contributed by atoms with Crippen molar-refractivity contribution in [3.63, 3.8) is 0 Å². The first-order valence-corrected chi connectivity index (χ1v) is 6.04. The minimum atomic E-state index is 0.0864. The summed E-state index contributed by atoms with van der Waals surface area (Å²) in [6.45, 7) is 6.07. The van der Waals surface area contributed by atoms with Crippen LogP contribution in [0.1, 0.15) is 25.2 Å². The van der Waals surface area contributed by atoms with Crippen molar-refractivity contribution in [2.75, 3.05) is 20.6 Å².